The third-order valence-corrected chi connectivity index (χ3v) is 2.09. The van der Waals surface area contributed by atoms with Gasteiger partial charge in [0.15, 0.2) is 0 Å². The first-order valence-electron chi connectivity index (χ1n) is 3.71. The molecule has 68 valence electrons. The first-order valence-corrected chi connectivity index (χ1v) is 3.71. The molecular weight excluding hydrogens is 164 g/mol. The lowest BCUT2D eigenvalue weighted by Crippen LogP contribution is -2.40. The Bertz CT molecular complexity index is 237. The van der Waals surface area contributed by atoms with E-state index in [-0.39, 0.29) is 6.42 Å². The van der Waals surface area contributed by atoms with Crippen LogP contribution in [0.3, 0.4) is 0 Å². The summed E-state index contributed by atoms with van der Waals surface area (Å²) in [4.78, 5) is 10.8. The summed E-state index contributed by atoms with van der Waals surface area (Å²) in [5.41, 5.74) is 3.82. The molecule has 1 amide bonds. The molecule has 0 bridgehead atoms. The summed E-state index contributed by atoms with van der Waals surface area (Å²) in [6, 6.07) is 0. The van der Waals surface area contributed by atoms with Crippen molar-refractivity contribution in [3.63, 3.8) is 0 Å². The van der Waals surface area contributed by atoms with E-state index in [1.807, 2.05) is 0 Å². The number of alkyl halides is 2. The van der Waals surface area contributed by atoms with E-state index in [0.29, 0.717) is 0 Å². The SMILES string of the molecule is CC1(C(N)=O)C=CCC(F)(F)C1. The average Bonchev–Trinajstić information content (AvgIpc) is 1.83. The van der Waals surface area contributed by atoms with E-state index in [9.17, 15) is 13.6 Å². The molecule has 0 aromatic rings. The maximum atomic E-state index is 12.8. The summed E-state index contributed by atoms with van der Waals surface area (Å²) >= 11 is 0. The number of amides is 1. The van der Waals surface area contributed by atoms with Gasteiger partial charge in [-0.1, -0.05) is 12.2 Å². The number of halogens is 2. The topological polar surface area (TPSA) is 43.1 Å². The molecule has 1 aliphatic rings. The lowest BCUT2D eigenvalue weighted by Gasteiger charge is -2.30. The van der Waals surface area contributed by atoms with Gasteiger partial charge in [0.1, 0.15) is 0 Å². The molecule has 0 fully saturated rings. The molecular formula is C8H11F2NO. The lowest BCUT2D eigenvalue weighted by molar-refractivity contribution is -0.130. The van der Waals surface area contributed by atoms with Crippen molar-refractivity contribution < 1.29 is 13.6 Å². The third kappa shape index (κ3) is 1.62. The predicted molar refractivity (Wildman–Crippen MR) is 40.6 cm³/mol. The fourth-order valence-corrected chi connectivity index (χ4v) is 1.33. The summed E-state index contributed by atoms with van der Waals surface area (Å²) in [5.74, 6) is -3.49. The monoisotopic (exact) mass is 175 g/mol. The van der Waals surface area contributed by atoms with Crippen LogP contribution in [0.1, 0.15) is 19.8 Å². The number of hydrogen-bond acceptors (Lipinski definition) is 1. The van der Waals surface area contributed by atoms with E-state index < -0.39 is 23.7 Å². The van der Waals surface area contributed by atoms with Gasteiger partial charge in [-0.25, -0.2) is 8.78 Å². The summed E-state index contributed by atoms with van der Waals surface area (Å²) in [5, 5.41) is 0. The Morgan fingerprint density at radius 1 is 1.58 bits per heavy atom. The van der Waals surface area contributed by atoms with Crippen molar-refractivity contribution in [3.05, 3.63) is 12.2 Å². The van der Waals surface area contributed by atoms with Gasteiger partial charge in [-0.15, -0.1) is 0 Å². The molecule has 0 aliphatic heterocycles. The molecule has 1 aliphatic carbocycles. The number of hydrogen-bond donors (Lipinski definition) is 1. The normalized spacial score (nSPS) is 33.2. The first kappa shape index (κ1) is 9.16. The molecule has 4 heteroatoms. The van der Waals surface area contributed by atoms with E-state index >= 15 is 0 Å². The molecule has 2 N–H and O–H groups in total. The minimum absolute atomic E-state index is 0.296. The number of carbonyl (C=O) groups is 1. The predicted octanol–water partition coefficient (Wildman–Crippen LogP) is 1.46. The van der Waals surface area contributed by atoms with E-state index in [4.69, 9.17) is 5.73 Å². The smallest absolute Gasteiger partial charge is 0.252 e. The summed E-state index contributed by atoms with van der Waals surface area (Å²) < 4.78 is 25.6. The Morgan fingerprint density at radius 2 is 2.17 bits per heavy atom. The fourth-order valence-electron chi connectivity index (χ4n) is 1.33. The second-order valence-corrected chi connectivity index (χ2v) is 3.42. The Hall–Kier alpha value is -0.930. The van der Waals surface area contributed by atoms with Gasteiger partial charge in [0.2, 0.25) is 5.91 Å². The number of rotatable bonds is 1. The van der Waals surface area contributed by atoms with Crippen molar-refractivity contribution in [2.75, 3.05) is 0 Å². The molecule has 2 nitrogen and oxygen atoms in total. The standard InChI is InChI=1S/C8H11F2NO/c1-7(6(11)12)3-2-4-8(9,10)5-7/h2-3H,4-5H2,1H3,(H2,11,12). The van der Waals surface area contributed by atoms with Crippen LogP contribution in [-0.4, -0.2) is 11.8 Å². The quantitative estimate of drug-likeness (QED) is 0.602. The van der Waals surface area contributed by atoms with E-state index in [1.165, 1.54) is 19.1 Å². The average molecular weight is 175 g/mol. The number of carbonyl (C=O) groups excluding carboxylic acids is 1. The minimum Gasteiger partial charge on any atom is -0.369 e. The molecule has 12 heavy (non-hydrogen) atoms. The molecule has 0 saturated carbocycles. The van der Waals surface area contributed by atoms with Crippen LogP contribution < -0.4 is 5.73 Å². The largest absolute Gasteiger partial charge is 0.369 e. The van der Waals surface area contributed by atoms with Gasteiger partial charge in [0.25, 0.3) is 5.92 Å². The fraction of sp³-hybridized carbons (Fsp3) is 0.625. The van der Waals surface area contributed by atoms with Crippen molar-refractivity contribution in [2.45, 2.75) is 25.7 Å². The Kier molecular flexibility index (Phi) is 1.94. The highest BCUT2D eigenvalue weighted by molar-refractivity contribution is 5.82. The Balaban J connectivity index is 2.89. The zero-order valence-corrected chi connectivity index (χ0v) is 6.81. The van der Waals surface area contributed by atoms with Crippen molar-refractivity contribution in [1.82, 2.24) is 0 Å². The number of primary amides is 1. The molecule has 1 atom stereocenters. The second-order valence-electron chi connectivity index (χ2n) is 3.42. The highest BCUT2D eigenvalue weighted by Gasteiger charge is 2.43. The molecule has 0 heterocycles. The van der Waals surface area contributed by atoms with Gasteiger partial charge >= 0.3 is 0 Å². The van der Waals surface area contributed by atoms with Crippen molar-refractivity contribution in [1.29, 1.82) is 0 Å². The Morgan fingerprint density at radius 3 is 2.50 bits per heavy atom. The van der Waals surface area contributed by atoms with Crippen LogP contribution in [0.15, 0.2) is 12.2 Å². The van der Waals surface area contributed by atoms with Gasteiger partial charge in [-0.2, -0.15) is 0 Å². The van der Waals surface area contributed by atoms with Crippen LogP contribution in [0.5, 0.6) is 0 Å². The summed E-state index contributed by atoms with van der Waals surface area (Å²) in [6.45, 7) is 1.43. The zero-order valence-electron chi connectivity index (χ0n) is 6.81. The van der Waals surface area contributed by atoms with E-state index in [2.05, 4.69) is 0 Å². The van der Waals surface area contributed by atoms with Crippen LogP contribution >= 0.6 is 0 Å². The molecule has 0 radical (unpaired) electrons. The third-order valence-electron chi connectivity index (χ3n) is 2.09. The first-order chi connectivity index (χ1) is 5.36. The van der Waals surface area contributed by atoms with E-state index in [0.717, 1.165) is 0 Å². The summed E-state index contributed by atoms with van der Waals surface area (Å²) in [7, 11) is 0. The maximum Gasteiger partial charge on any atom is 0.252 e. The molecule has 1 unspecified atom stereocenters. The molecule has 0 aromatic heterocycles. The molecule has 1 rings (SSSR count). The maximum absolute atomic E-state index is 12.8. The van der Waals surface area contributed by atoms with Gasteiger partial charge < -0.3 is 5.73 Å². The van der Waals surface area contributed by atoms with Gasteiger partial charge in [-0.3, -0.25) is 4.79 Å². The molecule has 0 spiro atoms. The summed E-state index contributed by atoms with van der Waals surface area (Å²) in [6.07, 6.45) is 2.00. The minimum atomic E-state index is -2.79. The van der Waals surface area contributed by atoms with Crippen LogP contribution in [-0.2, 0) is 4.79 Å². The number of nitrogens with two attached hydrogens (primary N) is 1. The van der Waals surface area contributed by atoms with Gasteiger partial charge in [0.05, 0.1) is 5.41 Å². The lowest BCUT2D eigenvalue weighted by atomic mass is 9.78. The van der Waals surface area contributed by atoms with Crippen molar-refractivity contribution in [2.24, 2.45) is 11.1 Å². The molecule has 0 aromatic carbocycles. The van der Waals surface area contributed by atoms with Crippen LogP contribution in [0.4, 0.5) is 8.78 Å². The van der Waals surface area contributed by atoms with Crippen LogP contribution in [0, 0.1) is 5.41 Å². The Labute approximate surface area is 69.4 Å². The number of allylic oxidation sites excluding steroid dienone is 1. The highest BCUT2D eigenvalue weighted by Crippen LogP contribution is 2.39. The zero-order chi connectivity index (χ0) is 9.41. The van der Waals surface area contributed by atoms with Gasteiger partial charge in [0, 0.05) is 12.8 Å². The van der Waals surface area contributed by atoms with Gasteiger partial charge in [-0.05, 0) is 6.92 Å². The molecule has 0 saturated heterocycles. The van der Waals surface area contributed by atoms with Crippen molar-refractivity contribution in [3.8, 4) is 0 Å². The van der Waals surface area contributed by atoms with Crippen LogP contribution in [0.2, 0.25) is 0 Å². The van der Waals surface area contributed by atoms with E-state index in [1.54, 1.807) is 0 Å². The second kappa shape index (κ2) is 2.54. The highest BCUT2D eigenvalue weighted by atomic mass is 19.3. The van der Waals surface area contributed by atoms with Crippen LogP contribution in [0.25, 0.3) is 0 Å². The van der Waals surface area contributed by atoms with Crippen molar-refractivity contribution >= 4 is 5.91 Å².